The third-order valence-electron chi connectivity index (χ3n) is 6.23. The molecule has 2 aromatic carbocycles. The summed E-state index contributed by atoms with van der Waals surface area (Å²) < 4.78 is 5.33. The molecule has 0 spiro atoms. The summed E-state index contributed by atoms with van der Waals surface area (Å²) >= 11 is 0. The van der Waals surface area contributed by atoms with Crippen LogP contribution >= 0.6 is 0 Å². The van der Waals surface area contributed by atoms with Crippen molar-refractivity contribution in [2.45, 2.75) is 50.8 Å². The minimum Gasteiger partial charge on any atom is -0.447 e. The number of carbonyl (C=O) groups excluding carboxylic acids is 2. The number of anilines is 2. The zero-order chi connectivity index (χ0) is 24.1. The van der Waals surface area contributed by atoms with Crippen LogP contribution in [0.3, 0.4) is 0 Å². The van der Waals surface area contributed by atoms with E-state index in [2.05, 4.69) is 27.7 Å². The first-order valence-electron chi connectivity index (χ1n) is 11.8. The van der Waals surface area contributed by atoms with Crippen LogP contribution in [0.4, 0.5) is 11.5 Å². The number of hydrogen-bond acceptors (Lipinski definition) is 6. The predicted molar refractivity (Wildman–Crippen MR) is 135 cm³/mol. The fourth-order valence-corrected chi connectivity index (χ4v) is 4.54. The molecule has 1 aliphatic carbocycles. The molecule has 0 bridgehead atoms. The first-order valence-corrected chi connectivity index (χ1v) is 11.8. The number of nitrogens with zero attached hydrogens (tertiary/aromatic N) is 2. The Balaban J connectivity index is 1.37. The maximum atomic E-state index is 12.9. The van der Waals surface area contributed by atoms with Crippen LogP contribution in [0.25, 0.3) is 10.9 Å². The lowest BCUT2D eigenvalue weighted by atomic mass is 9.91. The largest absolute Gasteiger partial charge is 0.447 e. The van der Waals surface area contributed by atoms with Crippen LogP contribution in [-0.2, 0) is 14.3 Å². The van der Waals surface area contributed by atoms with Gasteiger partial charge in [-0.15, -0.1) is 0 Å². The highest BCUT2D eigenvalue weighted by atomic mass is 16.5. The van der Waals surface area contributed by atoms with E-state index < -0.39 is 12.1 Å². The lowest BCUT2D eigenvalue weighted by Gasteiger charge is -2.31. The topological polar surface area (TPSA) is 83.6 Å². The van der Waals surface area contributed by atoms with Gasteiger partial charge in [0.25, 0.3) is 5.91 Å². The number of aromatic nitrogens is 1. The van der Waals surface area contributed by atoms with Crippen molar-refractivity contribution in [3.05, 3.63) is 66.2 Å². The Morgan fingerprint density at radius 1 is 0.971 bits per heavy atom. The Labute approximate surface area is 200 Å². The average Bonchev–Trinajstić information content (AvgIpc) is 2.83. The van der Waals surface area contributed by atoms with Gasteiger partial charge in [0.1, 0.15) is 5.82 Å². The fourth-order valence-electron chi connectivity index (χ4n) is 4.54. The van der Waals surface area contributed by atoms with Crippen molar-refractivity contribution in [2.75, 3.05) is 24.3 Å². The molecule has 1 aliphatic rings. The quantitative estimate of drug-likeness (QED) is 0.507. The van der Waals surface area contributed by atoms with Gasteiger partial charge in [0.05, 0.1) is 5.52 Å². The van der Waals surface area contributed by atoms with Crippen LogP contribution in [0.15, 0.2) is 60.7 Å². The van der Waals surface area contributed by atoms with Crippen LogP contribution in [-0.4, -0.2) is 43.0 Å². The summed E-state index contributed by atoms with van der Waals surface area (Å²) in [5, 5.41) is 7.82. The van der Waals surface area contributed by atoms with Crippen LogP contribution < -0.4 is 15.5 Å². The number of fused-ring (bicyclic) bond motifs is 1. The molecule has 1 amide bonds. The zero-order valence-electron chi connectivity index (χ0n) is 20.0. The number of hydrogen-bond donors (Lipinski definition) is 2. The van der Waals surface area contributed by atoms with Gasteiger partial charge in [0, 0.05) is 55.8 Å². The van der Waals surface area contributed by atoms with E-state index in [0.717, 1.165) is 48.1 Å². The van der Waals surface area contributed by atoms with Crippen molar-refractivity contribution < 1.29 is 14.3 Å². The van der Waals surface area contributed by atoms with E-state index in [-0.39, 0.29) is 18.0 Å². The number of nitrogens with one attached hydrogen (secondary N) is 2. The van der Waals surface area contributed by atoms with Crippen LogP contribution in [0.2, 0.25) is 0 Å². The second-order valence-corrected chi connectivity index (χ2v) is 9.04. The molecule has 3 aromatic rings. The third kappa shape index (κ3) is 5.65. The van der Waals surface area contributed by atoms with E-state index in [4.69, 9.17) is 9.72 Å². The molecule has 178 valence electrons. The van der Waals surface area contributed by atoms with Crippen molar-refractivity contribution in [1.82, 2.24) is 10.3 Å². The SMILES string of the molecule is CC(=O)OC(C(=O)N[C@H]1CC[C@@H](Nc2cc(N(C)C)c3ccccc3n2)CC1)c1ccccc1. The molecule has 1 saturated carbocycles. The first-order chi connectivity index (χ1) is 16.4. The van der Waals surface area contributed by atoms with Crippen molar-refractivity contribution in [1.29, 1.82) is 0 Å². The van der Waals surface area contributed by atoms with E-state index in [1.807, 2.05) is 50.5 Å². The third-order valence-corrected chi connectivity index (χ3v) is 6.23. The number of pyridine rings is 1. The Morgan fingerprint density at radius 2 is 1.62 bits per heavy atom. The zero-order valence-corrected chi connectivity index (χ0v) is 20.0. The molecule has 7 nitrogen and oxygen atoms in total. The van der Waals surface area contributed by atoms with Gasteiger partial charge in [0.2, 0.25) is 6.10 Å². The normalized spacial score (nSPS) is 18.7. The lowest BCUT2D eigenvalue weighted by molar-refractivity contribution is -0.154. The number of para-hydroxylation sites is 1. The maximum absolute atomic E-state index is 12.9. The van der Waals surface area contributed by atoms with Gasteiger partial charge in [-0.25, -0.2) is 4.98 Å². The summed E-state index contributed by atoms with van der Waals surface area (Å²) in [5.74, 6) is 0.121. The summed E-state index contributed by atoms with van der Waals surface area (Å²) in [6, 6.07) is 19.7. The molecule has 4 rings (SSSR count). The van der Waals surface area contributed by atoms with E-state index in [9.17, 15) is 9.59 Å². The van der Waals surface area contributed by atoms with Gasteiger partial charge in [-0.3, -0.25) is 9.59 Å². The number of ether oxygens (including phenoxy) is 1. The summed E-state index contributed by atoms with van der Waals surface area (Å²) in [5.41, 5.74) is 2.77. The number of esters is 1. The Kier molecular flexibility index (Phi) is 7.30. The van der Waals surface area contributed by atoms with Gasteiger partial charge < -0.3 is 20.3 Å². The highest BCUT2D eigenvalue weighted by molar-refractivity contribution is 5.93. The number of rotatable bonds is 7. The molecule has 1 aromatic heterocycles. The minimum atomic E-state index is -0.930. The molecule has 2 N–H and O–H groups in total. The molecule has 0 saturated heterocycles. The second-order valence-electron chi connectivity index (χ2n) is 9.04. The molecular weight excluding hydrogens is 428 g/mol. The molecule has 1 atom stereocenters. The highest BCUT2D eigenvalue weighted by Gasteiger charge is 2.28. The highest BCUT2D eigenvalue weighted by Crippen LogP contribution is 2.29. The summed E-state index contributed by atoms with van der Waals surface area (Å²) in [7, 11) is 4.08. The van der Waals surface area contributed by atoms with Crippen LogP contribution in [0.1, 0.15) is 44.3 Å². The van der Waals surface area contributed by atoms with E-state index in [0.29, 0.717) is 5.56 Å². The van der Waals surface area contributed by atoms with Gasteiger partial charge in [-0.2, -0.15) is 0 Å². The Morgan fingerprint density at radius 3 is 2.29 bits per heavy atom. The monoisotopic (exact) mass is 460 g/mol. The molecule has 0 aliphatic heterocycles. The molecule has 1 heterocycles. The van der Waals surface area contributed by atoms with Gasteiger partial charge >= 0.3 is 5.97 Å². The smallest absolute Gasteiger partial charge is 0.303 e. The van der Waals surface area contributed by atoms with Gasteiger partial charge in [0.15, 0.2) is 0 Å². The average molecular weight is 461 g/mol. The summed E-state index contributed by atoms with van der Waals surface area (Å²) in [6.07, 6.45) is 2.60. The lowest BCUT2D eigenvalue weighted by Crippen LogP contribution is -2.43. The van der Waals surface area contributed by atoms with Crippen molar-refractivity contribution >= 4 is 34.3 Å². The first kappa shape index (κ1) is 23.5. The fraction of sp³-hybridized carbons (Fsp3) is 0.370. The summed E-state index contributed by atoms with van der Waals surface area (Å²) in [4.78, 5) is 31.4. The van der Waals surface area contributed by atoms with E-state index >= 15 is 0 Å². The molecular formula is C27H32N4O3. The molecule has 7 heteroatoms. The molecule has 1 fully saturated rings. The van der Waals surface area contributed by atoms with Gasteiger partial charge in [-0.1, -0.05) is 48.5 Å². The van der Waals surface area contributed by atoms with Crippen molar-refractivity contribution in [2.24, 2.45) is 0 Å². The number of carbonyl (C=O) groups is 2. The molecule has 0 radical (unpaired) electrons. The Hall–Kier alpha value is -3.61. The van der Waals surface area contributed by atoms with E-state index in [1.54, 1.807) is 12.1 Å². The predicted octanol–water partition coefficient (Wildman–Crippen LogP) is 4.44. The molecule has 1 unspecified atom stereocenters. The Bertz CT molecular complexity index is 1140. The second kappa shape index (κ2) is 10.5. The van der Waals surface area contributed by atoms with Crippen LogP contribution in [0.5, 0.6) is 0 Å². The molecule has 34 heavy (non-hydrogen) atoms. The van der Waals surface area contributed by atoms with Crippen molar-refractivity contribution in [3.63, 3.8) is 0 Å². The minimum absolute atomic E-state index is 0.0502. The van der Waals surface area contributed by atoms with Crippen LogP contribution in [0, 0.1) is 0 Å². The number of amides is 1. The maximum Gasteiger partial charge on any atom is 0.303 e. The van der Waals surface area contributed by atoms with Gasteiger partial charge in [-0.05, 0) is 31.7 Å². The summed E-state index contributed by atoms with van der Waals surface area (Å²) in [6.45, 7) is 1.32. The standard InChI is InChI=1S/C27H32N4O3/c1-18(32)34-26(19-9-5-4-6-10-19)27(33)29-21-15-13-20(14-16-21)28-25-17-24(31(2)3)22-11-7-8-12-23(22)30-25/h4-12,17,20-21,26H,13-16H2,1-3H3,(H,28,30)(H,29,33)/t20-,21+,26?. The van der Waals surface area contributed by atoms with Crippen molar-refractivity contribution in [3.8, 4) is 0 Å². The number of benzene rings is 2. The van der Waals surface area contributed by atoms with E-state index in [1.165, 1.54) is 6.92 Å².